The quantitative estimate of drug-likeness (QED) is 0.904. The molecular formula is C17H25NOS. The maximum Gasteiger partial charge on any atom is 0.251 e. The first-order valence-electron chi connectivity index (χ1n) is 7.50. The number of rotatable bonds is 4. The van der Waals surface area contributed by atoms with Gasteiger partial charge in [0, 0.05) is 17.4 Å². The highest BCUT2D eigenvalue weighted by atomic mass is 32.2. The number of hydrogen-bond acceptors (Lipinski definition) is 2. The first-order valence-corrected chi connectivity index (χ1v) is 8.90. The van der Waals surface area contributed by atoms with Gasteiger partial charge in [0.1, 0.15) is 0 Å². The van der Waals surface area contributed by atoms with Crippen LogP contribution in [0.5, 0.6) is 0 Å². The molecule has 1 aromatic rings. The van der Waals surface area contributed by atoms with E-state index < -0.39 is 0 Å². The topological polar surface area (TPSA) is 29.1 Å². The lowest BCUT2D eigenvalue weighted by molar-refractivity contribution is 0.0891. The Labute approximate surface area is 126 Å². The lowest BCUT2D eigenvalue weighted by atomic mass is 9.78. The summed E-state index contributed by atoms with van der Waals surface area (Å²) in [5.41, 5.74) is 2.05. The number of thioether (sulfide) groups is 1. The number of benzene rings is 1. The van der Waals surface area contributed by atoms with Gasteiger partial charge in [-0.1, -0.05) is 38.8 Å². The van der Waals surface area contributed by atoms with E-state index in [1.54, 1.807) is 11.8 Å². The van der Waals surface area contributed by atoms with Crippen LogP contribution in [0.2, 0.25) is 0 Å². The molecular weight excluding hydrogens is 266 g/mol. The molecule has 1 aliphatic rings. The molecule has 1 fully saturated rings. The summed E-state index contributed by atoms with van der Waals surface area (Å²) in [6, 6.07) is 8.32. The third kappa shape index (κ3) is 3.78. The number of carbonyl (C=O) groups excluding carboxylic acids is 1. The van der Waals surface area contributed by atoms with Gasteiger partial charge in [-0.15, -0.1) is 0 Å². The molecule has 110 valence electrons. The minimum atomic E-state index is 0.0756. The fourth-order valence-corrected chi connectivity index (χ4v) is 3.48. The molecule has 1 N–H and O–H groups in total. The van der Waals surface area contributed by atoms with E-state index in [9.17, 15) is 4.79 Å². The van der Waals surface area contributed by atoms with Gasteiger partial charge in [-0.25, -0.2) is 0 Å². The second kappa shape index (κ2) is 7.16. The number of nitrogens with one attached hydrogen (secondary N) is 1. The Morgan fingerprint density at radius 3 is 2.60 bits per heavy atom. The van der Waals surface area contributed by atoms with Crippen LogP contribution in [0.15, 0.2) is 24.3 Å². The van der Waals surface area contributed by atoms with E-state index in [0.29, 0.717) is 17.9 Å². The van der Waals surface area contributed by atoms with Crippen molar-refractivity contribution >= 4 is 17.7 Å². The van der Waals surface area contributed by atoms with Crippen LogP contribution in [0.4, 0.5) is 0 Å². The molecule has 1 aliphatic carbocycles. The van der Waals surface area contributed by atoms with Crippen molar-refractivity contribution in [3.63, 3.8) is 0 Å². The molecule has 0 spiro atoms. The summed E-state index contributed by atoms with van der Waals surface area (Å²) in [7, 11) is 0. The summed E-state index contributed by atoms with van der Waals surface area (Å²) in [5.74, 6) is 2.35. The van der Waals surface area contributed by atoms with Gasteiger partial charge in [-0.3, -0.25) is 4.79 Å². The Morgan fingerprint density at radius 1 is 1.25 bits per heavy atom. The summed E-state index contributed by atoms with van der Waals surface area (Å²) >= 11 is 1.80. The molecule has 3 unspecified atom stereocenters. The highest BCUT2D eigenvalue weighted by Gasteiger charge is 2.28. The molecule has 0 heterocycles. The Morgan fingerprint density at radius 2 is 1.95 bits per heavy atom. The summed E-state index contributed by atoms with van der Waals surface area (Å²) in [6.45, 7) is 4.55. The third-order valence-corrected chi connectivity index (χ3v) is 5.17. The zero-order chi connectivity index (χ0) is 14.5. The van der Waals surface area contributed by atoms with Gasteiger partial charge in [0.15, 0.2) is 0 Å². The van der Waals surface area contributed by atoms with Gasteiger partial charge < -0.3 is 5.32 Å². The predicted octanol–water partition coefficient (Wildman–Crippen LogP) is 4.10. The van der Waals surface area contributed by atoms with Crippen LogP contribution in [0, 0.1) is 11.8 Å². The molecule has 20 heavy (non-hydrogen) atoms. The average Bonchev–Trinajstić information content (AvgIpc) is 2.45. The standard InChI is InChI=1S/C17H25NOS/c1-12-5-4-6-16(13(12)2)18-17(19)15-9-7-14(8-10-15)11-20-3/h7-10,12-13,16H,4-6,11H2,1-3H3,(H,18,19). The van der Waals surface area contributed by atoms with E-state index >= 15 is 0 Å². The molecule has 2 rings (SSSR count). The van der Waals surface area contributed by atoms with Crippen LogP contribution in [-0.2, 0) is 5.75 Å². The minimum Gasteiger partial charge on any atom is -0.349 e. The highest BCUT2D eigenvalue weighted by Crippen LogP contribution is 2.29. The smallest absolute Gasteiger partial charge is 0.251 e. The van der Waals surface area contributed by atoms with Crippen molar-refractivity contribution in [2.45, 2.75) is 44.9 Å². The van der Waals surface area contributed by atoms with E-state index in [1.165, 1.54) is 18.4 Å². The van der Waals surface area contributed by atoms with E-state index in [2.05, 4.69) is 37.6 Å². The molecule has 1 amide bonds. The van der Waals surface area contributed by atoms with E-state index in [-0.39, 0.29) is 5.91 Å². The normalized spacial score (nSPS) is 26.2. The van der Waals surface area contributed by atoms with Gasteiger partial charge in [0.25, 0.3) is 5.91 Å². The van der Waals surface area contributed by atoms with Crippen LogP contribution in [0.25, 0.3) is 0 Å². The van der Waals surface area contributed by atoms with Gasteiger partial charge in [-0.05, 0) is 42.2 Å². The maximum absolute atomic E-state index is 12.3. The maximum atomic E-state index is 12.3. The highest BCUT2D eigenvalue weighted by molar-refractivity contribution is 7.97. The zero-order valence-corrected chi connectivity index (χ0v) is 13.5. The second-order valence-corrected chi connectivity index (χ2v) is 6.84. The molecule has 1 saturated carbocycles. The van der Waals surface area contributed by atoms with Gasteiger partial charge in [0.2, 0.25) is 0 Å². The number of hydrogen-bond donors (Lipinski definition) is 1. The van der Waals surface area contributed by atoms with Gasteiger partial charge in [0.05, 0.1) is 0 Å². The molecule has 0 aromatic heterocycles. The van der Waals surface area contributed by atoms with Crippen LogP contribution in [0.1, 0.15) is 49.0 Å². The average molecular weight is 291 g/mol. The number of amides is 1. The van der Waals surface area contributed by atoms with E-state index in [1.807, 2.05) is 12.1 Å². The fraction of sp³-hybridized carbons (Fsp3) is 0.588. The summed E-state index contributed by atoms with van der Waals surface area (Å²) in [5, 5.41) is 3.22. The van der Waals surface area contributed by atoms with Crippen LogP contribution >= 0.6 is 11.8 Å². The summed E-state index contributed by atoms with van der Waals surface area (Å²) < 4.78 is 0. The third-order valence-electron chi connectivity index (χ3n) is 4.55. The number of carbonyl (C=O) groups is 1. The van der Waals surface area contributed by atoms with Crippen molar-refractivity contribution in [1.82, 2.24) is 5.32 Å². The predicted molar refractivity (Wildman–Crippen MR) is 87.1 cm³/mol. The molecule has 3 heteroatoms. The molecule has 2 nitrogen and oxygen atoms in total. The largest absolute Gasteiger partial charge is 0.349 e. The molecule has 0 bridgehead atoms. The lowest BCUT2D eigenvalue weighted by Gasteiger charge is -2.34. The van der Waals surface area contributed by atoms with Crippen LogP contribution in [0.3, 0.4) is 0 Å². The molecule has 1 aromatic carbocycles. The molecule has 3 atom stereocenters. The van der Waals surface area contributed by atoms with Crippen molar-refractivity contribution in [2.75, 3.05) is 6.26 Å². The SMILES string of the molecule is CSCc1ccc(C(=O)NC2CCCC(C)C2C)cc1. The summed E-state index contributed by atoms with van der Waals surface area (Å²) in [6.07, 6.45) is 5.72. The van der Waals surface area contributed by atoms with E-state index in [0.717, 1.165) is 17.7 Å². The van der Waals surface area contributed by atoms with E-state index in [4.69, 9.17) is 0 Å². The Hall–Kier alpha value is -0.960. The van der Waals surface area contributed by atoms with Crippen LogP contribution < -0.4 is 5.32 Å². The van der Waals surface area contributed by atoms with Crippen molar-refractivity contribution in [3.05, 3.63) is 35.4 Å². The minimum absolute atomic E-state index is 0.0756. The van der Waals surface area contributed by atoms with Crippen molar-refractivity contribution in [2.24, 2.45) is 11.8 Å². The van der Waals surface area contributed by atoms with Gasteiger partial charge >= 0.3 is 0 Å². The first kappa shape index (κ1) is 15.4. The van der Waals surface area contributed by atoms with Crippen LogP contribution in [-0.4, -0.2) is 18.2 Å². The Kier molecular flexibility index (Phi) is 5.53. The first-order chi connectivity index (χ1) is 9.61. The fourth-order valence-electron chi connectivity index (χ4n) is 2.96. The lowest BCUT2D eigenvalue weighted by Crippen LogP contribution is -2.43. The molecule has 0 saturated heterocycles. The molecule has 0 radical (unpaired) electrons. The van der Waals surface area contributed by atoms with Gasteiger partial charge in [-0.2, -0.15) is 11.8 Å². The Balaban J connectivity index is 1.97. The zero-order valence-electron chi connectivity index (χ0n) is 12.7. The van der Waals surface area contributed by atoms with Crippen molar-refractivity contribution < 1.29 is 4.79 Å². The summed E-state index contributed by atoms with van der Waals surface area (Å²) in [4.78, 5) is 12.3. The Bertz CT molecular complexity index is 443. The monoisotopic (exact) mass is 291 g/mol. The molecule has 0 aliphatic heterocycles. The van der Waals surface area contributed by atoms with Crippen molar-refractivity contribution in [3.8, 4) is 0 Å². The van der Waals surface area contributed by atoms with Crippen molar-refractivity contribution in [1.29, 1.82) is 0 Å². The second-order valence-electron chi connectivity index (χ2n) is 5.98.